The molecule has 30 heavy (non-hydrogen) atoms. The molecule has 1 N–H and O–H groups in total. The van der Waals surface area contributed by atoms with Gasteiger partial charge >= 0.3 is 0 Å². The lowest BCUT2D eigenvalue weighted by atomic mass is 10.2. The third-order valence-corrected chi connectivity index (χ3v) is 5.58. The van der Waals surface area contributed by atoms with Gasteiger partial charge < -0.3 is 19.7 Å². The number of morpholine rings is 1. The van der Waals surface area contributed by atoms with Crippen LogP contribution in [0.4, 0.5) is 11.4 Å². The Hall–Kier alpha value is -2.40. The number of rotatable bonds is 7. The smallest absolute Gasteiger partial charge is 0.124 e. The standard InChI is InChI=1S/C24H24Cl2N2O2/c25-20-6-3-4-18(14-20)17-30-24-7-2-1-5-19(24)16-27-21-8-9-23(22(26)15-21)28-10-12-29-13-11-28/h1-9,14-15,27H,10-13,16-17H2. The molecule has 0 bridgehead atoms. The number of para-hydroxylation sites is 1. The maximum absolute atomic E-state index is 6.55. The van der Waals surface area contributed by atoms with Crippen LogP contribution < -0.4 is 15.0 Å². The molecule has 156 valence electrons. The monoisotopic (exact) mass is 442 g/mol. The molecule has 0 aliphatic carbocycles. The van der Waals surface area contributed by atoms with Crippen molar-refractivity contribution in [2.24, 2.45) is 0 Å². The van der Waals surface area contributed by atoms with Crippen LogP contribution in [0.3, 0.4) is 0 Å². The van der Waals surface area contributed by atoms with Crippen LogP contribution in [0.5, 0.6) is 5.75 Å². The minimum absolute atomic E-state index is 0.470. The zero-order valence-electron chi connectivity index (χ0n) is 16.6. The molecule has 4 rings (SSSR count). The van der Waals surface area contributed by atoms with Crippen LogP contribution >= 0.6 is 23.2 Å². The number of hydrogen-bond acceptors (Lipinski definition) is 4. The highest BCUT2D eigenvalue weighted by atomic mass is 35.5. The zero-order chi connectivity index (χ0) is 20.8. The summed E-state index contributed by atoms with van der Waals surface area (Å²) in [4.78, 5) is 2.26. The number of nitrogens with zero attached hydrogens (tertiary/aromatic N) is 1. The summed E-state index contributed by atoms with van der Waals surface area (Å²) in [7, 11) is 0. The molecule has 6 heteroatoms. The first-order valence-corrected chi connectivity index (χ1v) is 10.8. The van der Waals surface area contributed by atoms with Crippen molar-refractivity contribution in [3.63, 3.8) is 0 Å². The van der Waals surface area contributed by atoms with E-state index in [0.717, 1.165) is 59.6 Å². The largest absolute Gasteiger partial charge is 0.489 e. The predicted molar refractivity (Wildman–Crippen MR) is 124 cm³/mol. The quantitative estimate of drug-likeness (QED) is 0.484. The van der Waals surface area contributed by atoms with Crippen molar-refractivity contribution in [2.45, 2.75) is 13.2 Å². The number of nitrogens with one attached hydrogen (secondary N) is 1. The topological polar surface area (TPSA) is 33.7 Å². The Morgan fingerprint density at radius 3 is 2.57 bits per heavy atom. The average Bonchev–Trinajstić information content (AvgIpc) is 2.77. The summed E-state index contributed by atoms with van der Waals surface area (Å²) in [6.45, 7) is 4.31. The Morgan fingerprint density at radius 2 is 1.77 bits per heavy atom. The van der Waals surface area contributed by atoms with Crippen LogP contribution in [0.1, 0.15) is 11.1 Å². The second kappa shape index (κ2) is 10.1. The molecular weight excluding hydrogens is 419 g/mol. The molecule has 1 heterocycles. The molecule has 3 aromatic carbocycles. The first-order valence-electron chi connectivity index (χ1n) is 10.0. The Bertz CT molecular complexity index is 990. The van der Waals surface area contributed by atoms with Crippen molar-refractivity contribution in [3.8, 4) is 5.75 Å². The highest BCUT2D eigenvalue weighted by molar-refractivity contribution is 6.33. The van der Waals surface area contributed by atoms with E-state index in [1.165, 1.54) is 0 Å². The van der Waals surface area contributed by atoms with E-state index in [0.29, 0.717) is 18.2 Å². The van der Waals surface area contributed by atoms with E-state index >= 15 is 0 Å². The second-order valence-corrected chi connectivity index (χ2v) is 7.99. The molecule has 0 amide bonds. The lowest BCUT2D eigenvalue weighted by Crippen LogP contribution is -2.36. The molecule has 0 radical (unpaired) electrons. The van der Waals surface area contributed by atoms with Crippen molar-refractivity contribution in [3.05, 3.63) is 87.9 Å². The lowest BCUT2D eigenvalue weighted by Gasteiger charge is -2.29. The molecular formula is C24H24Cl2N2O2. The highest BCUT2D eigenvalue weighted by Gasteiger charge is 2.14. The Balaban J connectivity index is 1.39. The molecule has 0 atom stereocenters. The van der Waals surface area contributed by atoms with E-state index in [-0.39, 0.29) is 0 Å². The predicted octanol–water partition coefficient (Wildman–Crippen LogP) is 6.02. The third-order valence-electron chi connectivity index (χ3n) is 5.04. The van der Waals surface area contributed by atoms with Gasteiger partial charge in [-0.1, -0.05) is 53.5 Å². The van der Waals surface area contributed by atoms with Gasteiger partial charge in [0.25, 0.3) is 0 Å². The van der Waals surface area contributed by atoms with Crippen LogP contribution in [0, 0.1) is 0 Å². The fourth-order valence-corrected chi connectivity index (χ4v) is 3.97. The Morgan fingerprint density at radius 1 is 0.933 bits per heavy atom. The van der Waals surface area contributed by atoms with Crippen molar-refractivity contribution < 1.29 is 9.47 Å². The number of ether oxygens (including phenoxy) is 2. The Labute approximate surface area is 187 Å². The number of hydrogen-bond donors (Lipinski definition) is 1. The summed E-state index contributed by atoms with van der Waals surface area (Å²) >= 11 is 12.6. The van der Waals surface area contributed by atoms with Gasteiger partial charge in [0.1, 0.15) is 12.4 Å². The molecule has 0 unspecified atom stereocenters. The van der Waals surface area contributed by atoms with Crippen LogP contribution in [-0.4, -0.2) is 26.3 Å². The number of halogens is 2. The first kappa shape index (κ1) is 20.9. The molecule has 1 saturated heterocycles. The summed E-state index contributed by atoms with van der Waals surface area (Å²) in [6, 6.07) is 21.8. The molecule has 0 spiro atoms. The minimum atomic E-state index is 0.470. The maximum Gasteiger partial charge on any atom is 0.124 e. The average molecular weight is 443 g/mol. The summed E-state index contributed by atoms with van der Waals surface area (Å²) < 4.78 is 11.5. The highest BCUT2D eigenvalue weighted by Crippen LogP contribution is 2.30. The van der Waals surface area contributed by atoms with Crippen molar-refractivity contribution in [1.82, 2.24) is 0 Å². The Kier molecular flexibility index (Phi) is 7.00. The SMILES string of the molecule is Clc1cccc(COc2ccccc2CNc2ccc(N3CCOCC3)c(Cl)c2)c1. The molecule has 4 nitrogen and oxygen atoms in total. The minimum Gasteiger partial charge on any atom is -0.489 e. The fourth-order valence-electron chi connectivity index (χ4n) is 3.45. The van der Waals surface area contributed by atoms with Gasteiger partial charge in [0.15, 0.2) is 0 Å². The van der Waals surface area contributed by atoms with E-state index in [9.17, 15) is 0 Å². The summed E-state index contributed by atoms with van der Waals surface area (Å²) in [5.74, 6) is 0.848. The van der Waals surface area contributed by atoms with Gasteiger partial charge in [-0.2, -0.15) is 0 Å². The molecule has 0 saturated carbocycles. The van der Waals surface area contributed by atoms with Crippen LogP contribution in [0.2, 0.25) is 10.0 Å². The van der Waals surface area contributed by atoms with Crippen molar-refractivity contribution >= 4 is 34.6 Å². The number of anilines is 2. The molecule has 1 aliphatic heterocycles. The molecule has 1 fully saturated rings. The third kappa shape index (κ3) is 5.39. The van der Waals surface area contributed by atoms with E-state index in [2.05, 4.69) is 28.4 Å². The normalized spacial score (nSPS) is 13.9. The van der Waals surface area contributed by atoms with Crippen LogP contribution in [-0.2, 0) is 17.9 Å². The molecule has 0 aromatic heterocycles. The van der Waals surface area contributed by atoms with Gasteiger partial charge in [-0.3, -0.25) is 0 Å². The van der Waals surface area contributed by atoms with Gasteiger partial charge in [0.05, 0.1) is 23.9 Å². The van der Waals surface area contributed by atoms with Gasteiger partial charge in [-0.05, 0) is 42.0 Å². The summed E-state index contributed by atoms with van der Waals surface area (Å²) in [6.07, 6.45) is 0. The van der Waals surface area contributed by atoms with Crippen molar-refractivity contribution in [1.29, 1.82) is 0 Å². The van der Waals surface area contributed by atoms with E-state index in [1.54, 1.807) is 0 Å². The van der Waals surface area contributed by atoms with Gasteiger partial charge in [-0.15, -0.1) is 0 Å². The zero-order valence-corrected chi connectivity index (χ0v) is 18.1. The summed E-state index contributed by atoms with van der Waals surface area (Å²) in [5.41, 5.74) is 4.14. The van der Waals surface area contributed by atoms with Gasteiger partial charge in [0.2, 0.25) is 0 Å². The van der Waals surface area contributed by atoms with Crippen molar-refractivity contribution in [2.75, 3.05) is 36.5 Å². The van der Waals surface area contributed by atoms with Gasteiger partial charge in [-0.25, -0.2) is 0 Å². The van der Waals surface area contributed by atoms with E-state index in [4.69, 9.17) is 32.7 Å². The van der Waals surface area contributed by atoms with Crippen LogP contribution in [0.25, 0.3) is 0 Å². The van der Waals surface area contributed by atoms with Crippen LogP contribution in [0.15, 0.2) is 66.7 Å². The fraction of sp³-hybridized carbons (Fsp3) is 0.250. The summed E-state index contributed by atoms with van der Waals surface area (Å²) in [5, 5.41) is 4.91. The van der Waals surface area contributed by atoms with E-state index < -0.39 is 0 Å². The number of benzene rings is 3. The molecule has 1 aliphatic rings. The lowest BCUT2D eigenvalue weighted by molar-refractivity contribution is 0.122. The molecule has 3 aromatic rings. The first-order chi connectivity index (χ1) is 14.7. The van der Waals surface area contributed by atoms with Gasteiger partial charge in [0, 0.05) is 35.9 Å². The maximum atomic E-state index is 6.55. The second-order valence-electron chi connectivity index (χ2n) is 7.15. The van der Waals surface area contributed by atoms with E-state index in [1.807, 2.05) is 48.5 Å².